The van der Waals surface area contributed by atoms with E-state index in [1.54, 1.807) is 0 Å². The van der Waals surface area contributed by atoms with Gasteiger partial charge < -0.3 is 5.73 Å². The number of halogens is 8. The molecular weight excluding hydrogens is 307 g/mol. The second kappa shape index (κ2) is 5.54. The molecular formula is C9H7Cl2F6N. The summed E-state index contributed by atoms with van der Waals surface area (Å²) in [5.74, 6) is 0. The van der Waals surface area contributed by atoms with E-state index in [0.717, 1.165) is 0 Å². The molecule has 0 spiro atoms. The van der Waals surface area contributed by atoms with Crippen molar-refractivity contribution in [3.8, 4) is 0 Å². The molecule has 1 rings (SSSR count). The fourth-order valence-electron chi connectivity index (χ4n) is 1.14. The summed E-state index contributed by atoms with van der Waals surface area (Å²) in [6.07, 6.45) is -9.44. The summed E-state index contributed by atoms with van der Waals surface area (Å²) in [5, 5.41) is -0.810. The molecule has 2 N–H and O–H groups in total. The number of hydrogen-bond donors (Lipinski definition) is 1. The third-order valence-electron chi connectivity index (χ3n) is 2.01. The van der Waals surface area contributed by atoms with Crippen molar-refractivity contribution >= 4 is 24.0 Å². The highest BCUT2D eigenvalue weighted by Gasteiger charge is 2.39. The number of alkyl halides is 6. The Balaban J connectivity index is 0.00000289. The molecule has 0 aliphatic carbocycles. The molecule has 1 atom stereocenters. The highest BCUT2D eigenvalue weighted by molar-refractivity contribution is 6.31. The van der Waals surface area contributed by atoms with Crippen LogP contribution in [-0.2, 0) is 6.18 Å². The van der Waals surface area contributed by atoms with Crippen LogP contribution in [-0.4, -0.2) is 6.18 Å². The number of nitrogens with two attached hydrogens (primary N) is 1. The quantitative estimate of drug-likeness (QED) is 0.767. The molecule has 0 heterocycles. The zero-order valence-corrected chi connectivity index (χ0v) is 10.0. The predicted molar refractivity (Wildman–Crippen MR) is 56.7 cm³/mol. The van der Waals surface area contributed by atoms with E-state index in [1.807, 2.05) is 0 Å². The fraction of sp³-hybridized carbons (Fsp3) is 0.333. The van der Waals surface area contributed by atoms with Crippen LogP contribution in [0.5, 0.6) is 0 Å². The lowest BCUT2D eigenvalue weighted by molar-refractivity contribution is -0.149. The first-order chi connectivity index (χ1) is 7.53. The minimum Gasteiger partial charge on any atom is -0.316 e. The Morgan fingerprint density at radius 3 is 1.89 bits per heavy atom. The first-order valence-electron chi connectivity index (χ1n) is 4.22. The summed E-state index contributed by atoms with van der Waals surface area (Å²) in [7, 11) is 0. The molecule has 0 amide bonds. The van der Waals surface area contributed by atoms with Crippen LogP contribution in [0.2, 0.25) is 5.02 Å². The molecule has 9 heteroatoms. The van der Waals surface area contributed by atoms with Crippen molar-refractivity contribution in [2.75, 3.05) is 0 Å². The largest absolute Gasteiger partial charge is 0.417 e. The SMILES string of the molecule is Cl.N[C@H](c1ccc(C(F)(F)F)c(Cl)c1)C(F)(F)F. The van der Waals surface area contributed by atoms with Gasteiger partial charge in [0.25, 0.3) is 0 Å². The van der Waals surface area contributed by atoms with Gasteiger partial charge in [0, 0.05) is 0 Å². The van der Waals surface area contributed by atoms with Gasteiger partial charge in [0.2, 0.25) is 0 Å². The summed E-state index contributed by atoms with van der Waals surface area (Å²) in [5.41, 5.74) is 3.12. The molecule has 0 aromatic heterocycles. The Labute approximate surface area is 109 Å². The molecule has 1 aromatic carbocycles. The lowest BCUT2D eigenvalue weighted by Gasteiger charge is -2.17. The van der Waals surface area contributed by atoms with Crippen molar-refractivity contribution in [2.24, 2.45) is 5.73 Å². The Hall–Kier alpha value is -0.660. The lowest BCUT2D eigenvalue weighted by Crippen LogP contribution is -2.28. The number of rotatable bonds is 1. The Bertz CT molecular complexity index is 414. The molecule has 0 radical (unpaired) electrons. The predicted octanol–water partition coefficient (Wildman–Crippen LogP) is 4.34. The van der Waals surface area contributed by atoms with Crippen LogP contribution in [0.25, 0.3) is 0 Å². The number of hydrogen-bond acceptors (Lipinski definition) is 1. The molecule has 0 bridgehead atoms. The summed E-state index contributed by atoms with van der Waals surface area (Å²) < 4.78 is 73.5. The maximum Gasteiger partial charge on any atom is 0.417 e. The van der Waals surface area contributed by atoms with Crippen molar-refractivity contribution in [1.82, 2.24) is 0 Å². The van der Waals surface area contributed by atoms with Gasteiger partial charge in [-0.15, -0.1) is 12.4 Å². The topological polar surface area (TPSA) is 26.0 Å². The molecule has 0 saturated heterocycles. The molecule has 1 nitrogen and oxygen atoms in total. The number of benzene rings is 1. The van der Waals surface area contributed by atoms with E-state index < -0.39 is 34.5 Å². The minimum absolute atomic E-state index is 0. The van der Waals surface area contributed by atoms with Crippen molar-refractivity contribution in [3.05, 3.63) is 34.3 Å². The van der Waals surface area contributed by atoms with Crippen LogP contribution >= 0.6 is 24.0 Å². The average molecular weight is 314 g/mol. The van der Waals surface area contributed by atoms with Gasteiger partial charge >= 0.3 is 12.4 Å². The van der Waals surface area contributed by atoms with Gasteiger partial charge in [-0.25, -0.2) is 0 Å². The summed E-state index contributed by atoms with van der Waals surface area (Å²) in [6, 6.07) is -0.652. The van der Waals surface area contributed by atoms with Gasteiger partial charge in [-0.2, -0.15) is 26.3 Å². The minimum atomic E-state index is -4.73. The van der Waals surface area contributed by atoms with Gasteiger partial charge in [-0.1, -0.05) is 17.7 Å². The highest BCUT2D eigenvalue weighted by atomic mass is 35.5. The third-order valence-corrected chi connectivity index (χ3v) is 2.32. The first-order valence-corrected chi connectivity index (χ1v) is 4.60. The second-order valence-electron chi connectivity index (χ2n) is 3.26. The van der Waals surface area contributed by atoms with E-state index in [4.69, 9.17) is 17.3 Å². The van der Waals surface area contributed by atoms with Crippen molar-refractivity contribution in [3.63, 3.8) is 0 Å². The second-order valence-corrected chi connectivity index (χ2v) is 3.66. The molecule has 0 saturated carbocycles. The Morgan fingerprint density at radius 2 is 1.56 bits per heavy atom. The van der Waals surface area contributed by atoms with Gasteiger partial charge in [0.15, 0.2) is 0 Å². The van der Waals surface area contributed by atoms with E-state index in [1.165, 1.54) is 0 Å². The fourth-order valence-corrected chi connectivity index (χ4v) is 1.44. The van der Waals surface area contributed by atoms with E-state index >= 15 is 0 Å². The zero-order chi connectivity index (χ0) is 13.4. The average Bonchev–Trinajstić information content (AvgIpc) is 2.12. The smallest absolute Gasteiger partial charge is 0.316 e. The van der Waals surface area contributed by atoms with Gasteiger partial charge in [-0.05, 0) is 17.7 Å². The van der Waals surface area contributed by atoms with E-state index in [0.29, 0.717) is 18.2 Å². The summed E-state index contributed by atoms with van der Waals surface area (Å²) >= 11 is 5.27. The van der Waals surface area contributed by atoms with Crippen molar-refractivity contribution in [1.29, 1.82) is 0 Å². The lowest BCUT2D eigenvalue weighted by atomic mass is 10.0. The van der Waals surface area contributed by atoms with Crippen molar-refractivity contribution in [2.45, 2.75) is 18.4 Å². The summed E-state index contributed by atoms with van der Waals surface area (Å²) in [6.45, 7) is 0. The molecule has 104 valence electrons. The van der Waals surface area contributed by atoms with Crippen LogP contribution in [0.4, 0.5) is 26.3 Å². The standard InChI is InChI=1S/C9H6ClF6N.ClH/c10-6-3-4(7(17)9(14,15)16)1-2-5(6)8(11,12)13;/h1-3,7H,17H2;1H/t7-;/m1./s1. The highest BCUT2D eigenvalue weighted by Crippen LogP contribution is 2.37. The summed E-state index contributed by atoms with van der Waals surface area (Å²) in [4.78, 5) is 0. The molecule has 0 aliphatic heterocycles. The van der Waals surface area contributed by atoms with Crippen LogP contribution in [0.15, 0.2) is 18.2 Å². The van der Waals surface area contributed by atoms with Crippen molar-refractivity contribution < 1.29 is 26.3 Å². The van der Waals surface area contributed by atoms with Gasteiger partial charge in [0.05, 0.1) is 10.6 Å². The van der Waals surface area contributed by atoms with Crippen LogP contribution in [0, 0.1) is 0 Å². The third kappa shape index (κ3) is 3.93. The molecule has 1 aromatic rings. The van der Waals surface area contributed by atoms with E-state index in [9.17, 15) is 26.3 Å². The van der Waals surface area contributed by atoms with Crippen LogP contribution in [0.1, 0.15) is 17.2 Å². The first kappa shape index (κ1) is 17.3. The van der Waals surface area contributed by atoms with Gasteiger partial charge in [0.1, 0.15) is 6.04 Å². The van der Waals surface area contributed by atoms with Crippen LogP contribution in [0.3, 0.4) is 0 Å². The monoisotopic (exact) mass is 313 g/mol. The molecule has 18 heavy (non-hydrogen) atoms. The molecule has 0 aliphatic rings. The Morgan fingerprint density at radius 1 is 1.06 bits per heavy atom. The van der Waals surface area contributed by atoms with E-state index in [2.05, 4.69) is 0 Å². The normalized spacial score (nSPS) is 14.0. The zero-order valence-electron chi connectivity index (χ0n) is 8.44. The maximum atomic E-state index is 12.3. The Kier molecular flexibility index (Phi) is 5.34. The molecule has 0 unspecified atom stereocenters. The maximum absolute atomic E-state index is 12.3. The van der Waals surface area contributed by atoms with Gasteiger partial charge in [-0.3, -0.25) is 0 Å². The molecule has 0 fully saturated rings. The van der Waals surface area contributed by atoms with Crippen LogP contribution < -0.4 is 5.73 Å². The van der Waals surface area contributed by atoms with E-state index in [-0.39, 0.29) is 12.4 Å².